The van der Waals surface area contributed by atoms with Gasteiger partial charge < -0.3 is 15.0 Å². The van der Waals surface area contributed by atoms with E-state index in [0.29, 0.717) is 5.82 Å². The predicted octanol–water partition coefficient (Wildman–Crippen LogP) is 1.97. The molecule has 1 aromatic carbocycles. The molecule has 0 unspecified atom stereocenters. The summed E-state index contributed by atoms with van der Waals surface area (Å²) in [5.74, 6) is 0.656. The fourth-order valence-corrected chi connectivity index (χ4v) is 2.47. The molecule has 0 bridgehead atoms. The minimum absolute atomic E-state index is 0.329. The van der Waals surface area contributed by atoms with Gasteiger partial charge in [-0.3, -0.25) is 4.68 Å². The summed E-state index contributed by atoms with van der Waals surface area (Å²) < 4.78 is 13.8. The average molecular weight is 299 g/mol. The molecule has 1 aliphatic rings. The van der Waals surface area contributed by atoms with Gasteiger partial charge in [-0.25, -0.2) is 0 Å². The number of hydrogen-bond donors (Lipinski definition) is 1. The van der Waals surface area contributed by atoms with Crippen LogP contribution in [0.25, 0.3) is 11.1 Å². The van der Waals surface area contributed by atoms with Crippen LogP contribution in [0.1, 0.15) is 27.7 Å². The third-order valence-electron chi connectivity index (χ3n) is 4.73. The van der Waals surface area contributed by atoms with Crippen LogP contribution in [0.2, 0.25) is 0 Å². The van der Waals surface area contributed by atoms with Crippen LogP contribution in [-0.2, 0) is 16.4 Å². The van der Waals surface area contributed by atoms with E-state index in [4.69, 9.17) is 15.0 Å². The Bertz CT molecular complexity index is 676. The van der Waals surface area contributed by atoms with Gasteiger partial charge >= 0.3 is 7.12 Å². The highest BCUT2D eigenvalue weighted by molar-refractivity contribution is 6.62. The fraction of sp³-hybridized carbons (Fsp3) is 0.438. The van der Waals surface area contributed by atoms with E-state index < -0.39 is 0 Å². The highest BCUT2D eigenvalue weighted by atomic mass is 16.7. The predicted molar refractivity (Wildman–Crippen MR) is 88.8 cm³/mol. The highest BCUT2D eigenvalue weighted by Gasteiger charge is 2.51. The van der Waals surface area contributed by atoms with E-state index in [9.17, 15) is 0 Å². The minimum Gasteiger partial charge on any atom is -0.399 e. The SMILES string of the molecule is Cn1ncc(-c2ccc(B3OC(C)(C)C(C)(C)O3)cc2)c1N. The summed E-state index contributed by atoms with van der Waals surface area (Å²) >= 11 is 0. The maximum absolute atomic E-state index is 6.06. The van der Waals surface area contributed by atoms with Crippen molar-refractivity contribution in [3.05, 3.63) is 30.5 Å². The first-order chi connectivity index (χ1) is 10.2. The molecule has 5 nitrogen and oxygen atoms in total. The molecule has 0 radical (unpaired) electrons. The van der Waals surface area contributed by atoms with Crippen molar-refractivity contribution in [1.29, 1.82) is 0 Å². The van der Waals surface area contributed by atoms with Crippen LogP contribution in [0.5, 0.6) is 0 Å². The van der Waals surface area contributed by atoms with Crippen LogP contribution in [0.4, 0.5) is 5.82 Å². The molecular formula is C16H22BN3O2. The summed E-state index contributed by atoms with van der Waals surface area (Å²) in [7, 11) is 1.49. The lowest BCUT2D eigenvalue weighted by Gasteiger charge is -2.32. The fourth-order valence-electron chi connectivity index (χ4n) is 2.47. The quantitative estimate of drug-likeness (QED) is 0.861. The molecule has 116 valence electrons. The van der Waals surface area contributed by atoms with E-state index in [1.165, 1.54) is 0 Å². The molecule has 6 heteroatoms. The maximum atomic E-state index is 6.06. The van der Waals surface area contributed by atoms with Crippen LogP contribution in [0.15, 0.2) is 30.5 Å². The molecule has 3 rings (SSSR count). The van der Waals surface area contributed by atoms with Gasteiger partial charge in [-0.05, 0) is 38.7 Å². The Hall–Kier alpha value is -1.79. The second kappa shape index (κ2) is 4.86. The number of benzene rings is 1. The molecule has 2 N–H and O–H groups in total. The number of nitrogens with zero attached hydrogens (tertiary/aromatic N) is 2. The Labute approximate surface area is 131 Å². The van der Waals surface area contributed by atoms with E-state index in [1.807, 2.05) is 31.3 Å². The molecule has 0 aliphatic carbocycles. The molecular weight excluding hydrogens is 277 g/mol. The van der Waals surface area contributed by atoms with E-state index >= 15 is 0 Å². The van der Waals surface area contributed by atoms with Gasteiger partial charge in [-0.15, -0.1) is 0 Å². The molecule has 1 fully saturated rings. The van der Waals surface area contributed by atoms with Crippen molar-refractivity contribution in [3.8, 4) is 11.1 Å². The first kappa shape index (κ1) is 15.1. The van der Waals surface area contributed by atoms with Gasteiger partial charge in [0.15, 0.2) is 0 Å². The average Bonchev–Trinajstić information content (AvgIpc) is 2.88. The summed E-state index contributed by atoms with van der Waals surface area (Å²) in [5, 5.41) is 4.17. The van der Waals surface area contributed by atoms with E-state index in [0.717, 1.165) is 16.6 Å². The van der Waals surface area contributed by atoms with Crippen molar-refractivity contribution < 1.29 is 9.31 Å². The van der Waals surface area contributed by atoms with Crippen LogP contribution in [0.3, 0.4) is 0 Å². The lowest BCUT2D eigenvalue weighted by molar-refractivity contribution is 0.00578. The lowest BCUT2D eigenvalue weighted by Crippen LogP contribution is -2.41. The molecule has 0 spiro atoms. The zero-order chi connectivity index (χ0) is 16.1. The second-order valence-corrected chi connectivity index (χ2v) is 6.78. The third-order valence-corrected chi connectivity index (χ3v) is 4.73. The standard InChI is InChI=1S/C16H22BN3O2/c1-15(2)16(3,4)22-17(21-15)12-8-6-11(7-9-12)13-10-19-20(5)14(13)18/h6-10H,18H2,1-5H3. The first-order valence-corrected chi connectivity index (χ1v) is 7.45. The van der Waals surface area contributed by atoms with Gasteiger partial charge in [0.2, 0.25) is 0 Å². The number of rotatable bonds is 2. The van der Waals surface area contributed by atoms with Gasteiger partial charge in [0.25, 0.3) is 0 Å². The Morgan fingerprint density at radius 3 is 2.05 bits per heavy atom. The Morgan fingerprint density at radius 2 is 1.59 bits per heavy atom. The van der Waals surface area contributed by atoms with E-state index in [-0.39, 0.29) is 18.3 Å². The van der Waals surface area contributed by atoms with Gasteiger partial charge in [0, 0.05) is 12.6 Å². The lowest BCUT2D eigenvalue weighted by atomic mass is 9.78. The molecule has 1 saturated heterocycles. The highest BCUT2D eigenvalue weighted by Crippen LogP contribution is 2.36. The van der Waals surface area contributed by atoms with Gasteiger partial charge in [-0.1, -0.05) is 24.3 Å². The van der Waals surface area contributed by atoms with Crippen LogP contribution in [0, 0.1) is 0 Å². The summed E-state index contributed by atoms with van der Waals surface area (Å²) in [6.45, 7) is 8.21. The van der Waals surface area contributed by atoms with Crippen molar-refractivity contribution in [1.82, 2.24) is 9.78 Å². The number of hydrogen-bond acceptors (Lipinski definition) is 4. The normalized spacial score (nSPS) is 19.6. The molecule has 1 aromatic heterocycles. The summed E-state index contributed by atoms with van der Waals surface area (Å²) in [5.41, 5.74) is 8.33. The number of anilines is 1. The second-order valence-electron chi connectivity index (χ2n) is 6.78. The number of nitrogen functional groups attached to an aromatic ring is 1. The molecule has 2 aromatic rings. The summed E-state index contributed by atoms with van der Waals surface area (Å²) in [4.78, 5) is 0. The van der Waals surface area contributed by atoms with Gasteiger partial charge in [-0.2, -0.15) is 5.10 Å². The maximum Gasteiger partial charge on any atom is 0.494 e. The van der Waals surface area contributed by atoms with Crippen molar-refractivity contribution in [2.75, 3.05) is 5.73 Å². The monoisotopic (exact) mass is 299 g/mol. The molecule has 0 amide bonds. The van der Waals surface area contributed by atoms with Crippen LogP contribution >= 0.6 is 0 Å². The summed E-state index contributed by atoms with van der Waals surface area (Å²) in [6.07, 6.45) is 1.78. The Kier molecular flexibility index (Phi) is 3.34. The van der Waals surface area contributed by atoms with Gasteiger partial charge in [0.1, 0.15) is 5.82 Å². The van der Waals surface area contributed by atoms with E-state index in [1.54, 1.807) is 10.9 Å². The Morgan fingerprint density at radius 1 is 1.05 bits per heavy atom. The van der Waals surface area contributed by atoms with Crippen molar-refractivity contribution >= 4 is 18.4 Å². The number of aromatic nitrogens is 2. The minimum atomic E-state index is -0.342. The molecule has 22 heavy (non-hydrogen) atoms. The van der Waals surface area contributed by atoms with E-state index in [2.05, 4.69) is 32.8 Å². The van der Waals surface area contributed by atoms with Crippen molar-refractivity contribution in [2.45, 2.75) is 38.9 Å². The zero-order valence-corrected chi connectivity index (χ0v) is 13.8. The van der Waals surface area contributed by atoms with Crippen LogP contribution in [-0.4, -0.2) is 28.1 Å². The number of nitrogens with two attached hydrogens (primary N) is 1. The largest absolute Gasteiger partial charge is 0.494 e. The molecule has 0 saturated carbocycles. The Balaban J connectivity index is 1.86. The third kappa shape index (κ3) is 2.32. The topological polar surface area (TPSA) is 62.3 Å². The summed E-state index contributed by atoms with van der Waals surface area (Å²) in [6, 6.07) is 8.08. The number of aryl methyl sites for hydroxylation is 1. The zero-order valence-electron chi connectivity index (χ0n) is 13.8. The first-order valence-electron chi connectivity index (χ1n) is 7.45. The smallest absolute Gasteiger partial charge is 0.399 e. The molecule has 1 aliphatic heterocycles. The van der Waals surface area contributed by atoms with Gasteiger partial charge in [0.05, 0.1) is 17.4 Å². The molecule has 0 atom stereocenters. The van der Waals surface area contributed by atoms with Crippen LogP contribution < -0.4 is 11.2 Å². The molecule has 2 heterocycles. The van der Waals surface area contributed by atoms with Crippen molar-refractivity contribution in [2.24, 2.45) is 7.05 Å². The van der Waals surface area contributed by atoms with Crippen molar-refractivity contribution in [3.63, 3.8) is 0 Å².